The number of benzene rings is 2. The summed E-state index contributed by atoms with van der Waals surface area (Å²) in [5.41, 5.74) is 2.76. The van der Waals surface area contributed by atoms with Crippen LogP contribution in [0.5, 0.6) is 17.2 Å². The lowest BCUT2D eigenvalue weighted by molar-refractivity contribution is 0.0694. The van der Waals surface area contributed by atoms with Crippen LogP contribution in [0.25, 0.3) is 0 Å². The molecule has 1 N–H and O–H groups in total. The maximum absolute atomic E-state index is 11.3. The third kappa shape index (κ3) is 2.70. The van der Waals surface area contributed by atoms with E-state index in [2.05, 4.69) is 6.07 Å². The van der Waals surface area contributed by atoms with Crippen molar-refractivity contribution in [2.75, 3.05) is 7.11 Å². The van der Waals surface area contributed by atoms with Crippen molar-refractivity contribution in [1.29, 1.82) is 0 Å². The van der Waals surface area contributed by atoms with Crippen LogP contribution in [0.1, 0.15) is 27.9 Å². The summed E-state index contributed by atoms with van der Waals surface area (Å²) in [6.45, 7) is 0. The lowest BCUT2D eigenvalue weighted by Gasteiger charge is -2.11. The average molecular weight is 284 g/mol. The quantitative estimate of drug-likeness (QED) is 0.930. The van der Waals surface area contributed by atoms with Crippen LogP contribution in [0.4, 0.5) is 0 Å². The predicted molar refractivity (Wildman–Crippen MR) is 78.5 cm³/mol. The van der Waals surface area contributed by atoms with Crippen molar-refractivity contribution in [3.63, 3.8) is 0 Å². The molecular weight excluding hydrogens is 268 g/mol. The van der Waals surface area contributed by atoms with Crippen LogP contribution in [-0.2, 0) is 12.8 Å². The summed E-state index contributed by atoms with van der Waals surface area (Å²) in [6, 6.07) is 10.6. The van der Waals surface area contributed by atoms with Crippen molar-refractivity contribution in [3.05, 3.63) is 53.1 Å². The molecule has 2 aromatic rings. The number of methoxy groups -OCH3 is 1. The van der Waals surface area contributed by atoms with Crippen molar-refractivity contribution in [2.24, 2.45) is 0 Å². The van der Waals surface area contributed by atoms with E-state index in [-0.39, 0.29) is 5.56 Å². The number of hydrogen-bond acceptors (Lipinski definition) is 3. The second-order valence-corrected chi connectivity index (χ2v) is 5.05. The van der Waals surface area contributed by atoms with Gasteiger partial charge >= 0.3 is 5.97 Å². The summed E-state index contributed by atoms with van der Waals surface area (Å²) in [7, 11) is 1.54. The molecule has 0 saturated carbocycles. The first-order valence-electron chi connectivity index (χ1n) is 6.88. The van der Waals surface area contributed by atoms with Crippen LogP contribution >= 0.6 is 0 Å². The lowest BCUT2D eigenvalue weighted by Crippen LogP contribution is -2.00. The fraction of sp³-hybridized carbons (Fsp3) is 0.235. The van der Waals surface area contributed by atoms with Gasteiger partial charge in [-0.15, -0.1) is 0 Å². The number of carbonyl (C=O) groups is 1. The molecule has 108 valence electrons. The molecule has 3 rings (SSSR count). The van der Waals surface area contributed by atoms with Crippen molar-refractivity contribution in [3.8, 4) is 17.2 Å². The summed E-state index contributed by atoms with van der Waals surface area (Å²) in [5.74, 6) is 0.496. The zero-order valence-electron chi connectivity index (χ0n) is 11.8. The van der Waals surface area contributed by atoms with Crippen LogP contribution in [0.15, 0.2) is 36.4 Å². The minimum Gasteiger partial charge on any atom is -0.497 e. The van der Waals surface area contributed by atoms with E-state index in [0.29, 0.717) is 17.2 Å². The van der Waals surface area contributed by atoms with Crippen LogP contribution in [0, 0.1) is 0 Å². The van der Waals surface area contributed by atoms with Crippen molar-refractivity contribution in [1.82, 2.24) is 0 Å². The summed E-state index contributed by atoms with van der Waals surface area (Å²) in [5, 5.41) is 9.24. The molecule has 0 unspecified atom stereocenters. The average Bonchev–Trinajstić information content (AvgIpc) is 2.94. The number of carboxylic acid groups (broad SMARTS) is 1. The van der Waals surface area contributed by atoms with Gasteiger partial charge in [-0.1, -0.05) is 6.07 Å². The Morgan fingerprint density at radius 2 is 1.81 bits per heavy atom. The predicted octanol–water partition coefficient (Wildman–Crippen LogP) is 3.67. The topological polar surface area (TPSA) is 55.8 Å². The highest BCUT2D eigenvalue weighted by molar-refractivity contribution is 5.91. The molecule has 0 radical (unpaired) electrons. The Labute approximate surface area is 122 Å². The summed E-state index contributed by atoms with van der Waals surface area (Å²) in [6.07, 6.45) is 3.32. The molecule has 0 saturated heterocycles. The third-order valence-corrected chi connectivity index (χ3v) is 3.72. The zero-order chi connectivity index (χ0) is 14.8. The number of hydrogen-bond donors (Lipinski definition) is 1. The molecule has 0 fully saturated rings. The number of ether oxygens (including phenoxy) is 2. The van der Waals surface area contributed by atoms with E-state index in [0.717, 1.165) is 12.8 Å². The molecule has 1 aliphatic carbocycles. The van der Waals surface area contributed by atoms with E-state index in [1.165, 1.54) is 30.7 Å². The van der Waals surface area contributed by atoms with E-state index >= 15 is 0 Å². The van der Waals surface area contributed by atoms with E-state index in [1.807, 2.05) is 12.1 Å². The maximum Gasteiger partial charge on any atom is 0.339 e. The summed E-state index contributed by atoms with van der Waals surface area (Å²) >= 11 is 0. The van der Waals surface area contributed by atoms with Crippen LogP contribution < -0.4 is 9.47 Å². The molecule has 4 heteroatoms. The molecule has 0 spiro atoms. The number of aryl methyl sites for hydroxylation is 2. The normalized spacial score (nSPS) is 12.8. The number of fused-ring (bicyclic) bond motifs is 1. The highest BCUT2D eigenvalue weighted by Crippen LogP contribution is 2.32. The van der Waals surface area contributed by atoms with Gasteiger partial charge in [-0.3, -0.25) is 0 Å². The highest BCUT2D eigenvalue weighted by atomic mass is 16.5. The van der Waals surface area contributed by atoms with E-state index in [9.17, 15) is 9.90 Å². The van der Waals surface area contributed by atoms with Crippen LogP contribution in [-0.4, -0.2) is 18.2 Å². The molecule has 0 heterocycles. The molecule has 0 atom stereocenters. The Hall–Kier alpha value is -2.49. The molecule has 2 aromatic carbocycles. The number of carboxylic acids is 1. The lowest BCUT2D eigenvalue weighted by atomic mass is 10.1. The molecule has 4 nitrogen and oxygen atoms in total. The SMILES string of the molecule is COc1ccc(C(=O)O)c(Oc2ccc3c(c2)CCC3)c1. The second kappa shape index (κ2) is 5.48. The Kier molecular flexibility index (Phi) is 3.52. The van der Waals surface area contributed by atoms with E-state index in [4.69, 9.17) is 9.47 Å². The minimum absolute atomic E-state index is 0.122. The Balaban J connectivity index is 1.95. The smallest absolute Gasteiger partial charge is 0.339 e. The van der Waals surface area contributed by atoms with Gasteiger partial charge in [0.15, 0.2) is 0 Å². The van der Waals surface area contributed by atoms with Gasteiger partial charge in [0.2, 0.25) is 0 Å². The van der Waals surface area contributed by atoms with Crippen molar-refractivity contribution in [2.45, 2.75) is 19.3 Å². The largest absolute Gasteiger partial charge is 0.497 e. The fourth-order valence-electron chi connectivity index (χ4n) is 2.63. The second-order valence-electron chi connectivity index (χ2n) is 5.05. The number of rotatable bonds is 4. The van der Waals surface area contributed by atoms with Crippen molar-refractivity contribution < 1.29 is 19.4 Å². The molecule has 0 aromatic heterocycles. The van der Waals surface area contributed by atoms with Gasteiger partial charge in [-0.05, 0) is 54.7 Å². The monoisotopic (exact) mass is 284 g/mol. The Bertz CT molecular complexity index is 691. The van der Waals surface area contributed by atoms with Gasteiger partial charge in [0.25, 0.3) is 0 Å². The van der Waals surface area contributed by atoms with Crippen molar-refractivity contribution >= 4 is 5.97 Å². The zero-order valence-corrected chi connectivity index (χ0v) is 11.8. The molecule has 0 aliphatic heterocycles. The van der Waals surface area contributed by atoms with E-state index in [1.54, 1.807) is 12.1 Å². The van der Waals surface area contributed by atoms with Gasteiger partial charge in [0.1, 0.15) is 22.8 Å². The Morgan fingerprint density at radius 1 is 1.05 bits per heavy atom. The summed E-state index contributed by atoms with van der Waals surface area (Å²) < 4.78 is 10.9. The molecule has 0 bridgehead atoms. The highest BCUT2D eigenvalue weighted by Gasteiger charge is 2.15. The molecule has 21 heavy (non-hydrogen) atoms. The van der Waals surface area contributed by atoms with E-state index < -0.39 is 5.97 Å². The first-order chi connectivity index (χ1) is 10.2. The van der Waals surface area contributed by atoms with Crippen LogP contribution in [0.3, 0.4) is 0 Å². The van der Waals surface area contributed by atoms with Gasteiger partial charge in [-0.2, -0.15) is 0 Å². The third-order valence-electron chi connectivity index (χ3n) is 3.72. The van der Waals surface area contributed by atoms with Crippen LogP contribution in [0.2, 0.25) is 0 Å². The maximum atomic E-state index is 11.3. The standard InChI is InChI=1S/C17H16O4/c1-20-13-7-8-15(17(18)19)16(10-13)21-14-6-5-11-3-2-4-12(11)9-14/h5-10H,2-4H2,1H3,(H,18,19). The molecule has 0 amide bonds. The first-order valence-corrected chi connectivity index (χ1v) is 6.88. The molecule has 1 aliphatic rings. The Morgan fingerprint density at radius 3 is 2.57 bits per heavy atom. The van der Waals surface area contributed by atoms with Gasteiger partial charge < -0.3 is 14.6 Å². The molecular formula is C17H16O4. The fourth-order valence-corrected chi connectivity index (χ4v) is 2.63. The number of aromatic carboxylic acids is 1. The van der Waals surface area contributed by atoms with Gasteiger partial charge in [-0.25, -0.2) is 4.79 Å². The van der Waals surface area contributed by atoms with Gasteiger partial charge in [0.05, 0.1) is 7.11 Å². The van der Waals surface area contributed by atoms with Gasteiger partial charge in [0, 0.05) is 6.07 Å². The first kappa shape index (κ1) is 13.5. The minimum atomic E-state index is -1.02. The summed E-state index contributed by atoms with van der Waals surface area (Å²) in [4.78, 5) is 11.3.